The number of thioether (sulfide) groups is 1. The molecule has 1 aromatic rings. The van der Waals surface area contributed by atoms with E-state index in [2.05, 4.69) is 12.2 Å². The van der Waals surface area contributed by atoms with Gasteiger partial charge in [-0.3, -0.25) is 10.1 Å². The summed E-state index contributed by atoms with van der Waals surface area (Å²) >= 11 is 1.91. The second-order valence-electron chi connectivity index (χ2n) is 4.28. The van der Waals surface area contributed by atoms with E-state index in [0.29, 0.717) is 5.25 Å². The molecule has 1 heterocycles. The highest BCUT2D eigenvalue weighted by Crippen LogP contribution is 2.38. The number of hydrogen-bond acceptors (Lipinski definition) is 4. The van der Waals surface area contributed by atoms with E-state index in [1.54, 1.807) is 13.0 Å². The summed E-state index contributed by atoms with van der Waals surface area (Å²) in [6, 6.07) is 3.62. The zero-order chi connectivity index (χ0) is 12.4. The fourth-order valence-corrected chi connectivity index (χ4v) is 3.09. The van der Waals surface area contributed by atoms with Gasteiger partial charge in [0.1, 0.15) is 0 Å². The Labute approximate surface area is 105 Å². The summed E-state index contributed by atoms with van der Waals surface area (Å²) in [6.45, 7) is 4.84. The summed E-state index contributed by atoms with van der Waals surface area (Å²) in [4.78, 5) is 10.6. The number of nitro groups is 1. The number of aryl methyl sites for hydroxylation is 1. The molecule has 2 rings (SSSR count). The number of benzene rings is 1. The van der Waals surface area contributed by atoms with Gasteiger partial charge in [-0.25, -0.2) is 0 Å². The van der Waals surface area contributed by atoms with E-state index in [0.717, 1.165) is 30.0 Å². The SMILES string of the molecule is Cc1cc2c(cc1[N+](=O)[O-])NCCCSC2C. The Morgan fingerprint density at radius 3 is 3.00 bits per heavy atom. The lowest BCUT2D eigenvalue weighted by Crippen LogP contribution is -2.10. The molecule has 5 heteroatoms. The van der Waals surface area contributed by atoms with Gasteiger partial charge in [-0.05, 0) is 37.7 Å². The van der Waals surface area contributed by atoms with Gasteiger partial charge in [0, 0.05) is 29.1 Å². The highest BCUT2D eigenvalue weighted by atomic mass is 32.2. The molecule has 0 saturated heterocycles. The van der Waals surface area contributed by atoms with E-state index in [1.807, 2.05) is 17.8 Å². The zero-order valence-corrected chi connectivity index (χ0v) is 10.8. The van der Waals surface area contributed by atoms with Crippen molar-refractivity contribution in [2.24, 2.45) is 0 Å². The van der Waals surface area contributed by atoms with Crippen LogP contribution in [0.25, 0.3) is 0 Å². The Morgan fingerprint density at radius 1 is 1.53 bits per heavy atom. The van der Waals surface area contributed by atoms with Crippen LogP contribution >= 0.6 is 11.8 Å². The van der Waals surface area contributed by atoms with Gasteiger partial charge in [-0.1, -0.05) is 0 Å². The lowest BCUT2D eigenvalue weighted by atomic mass is 10.0. The first-order chi connectivity index (χ1) is 8.09. The lowest BCUT2D eigenvalue weighted by molar-refractivity contribution is -0.385. The molecular weight excluding hydrogens is 236 g/mol. The Balaban J connectivity index is 2.48. The summed E-state index contributed by atoms with van der Waals surface area (Å²) in [7, 11) is 0. The van der Waals surface area contributed by atoms with Gasteiger partial charge in [-0.2, -0.15) is 11.8 Å². The third-order valence-electron chi connectivity index (χ3n) is 3.01. The maximum absolute atomic E-state index is 10.9. The fraction of sp³-hybridized carbons (Fsp3) is 0.500. The Bertz CT molecular complexity index is 448. The molecule has 0 spiro atoms. The average molecular weight is 252 g/mol. The Hall–Kier alpha value is -1.23. The number of rotatable bonds is 1. The van der Waals surface area contributed by atoms with Crippen molar-refractivity contribution < 1.29 is 4.92 Å². The highest BCUT2D eigenvalue weighted by Gasteiger charge is 2.19. The van der Waals surface area contributed by atoms with E-state index in [9.17, 15) is 10.1 Å². The molecule has 1 unspecified atom stereocenters. The van der Waals surface area contributed by atoms with Gasteiger partial charge in [0.2, 0.25) is 0 Å². The zero-order valence-electron chi connectivity index (χ0n) is 10.0. The monoisotopic (exact) mass is 252 g/mol. The Kier molecular flexibility index (Phi) is 3.57. The molecule has 1 aromatic carbocycles. The average Bonchev–Trinajstić information content (AvgIpc) is 2.26. The molecular formula is C12H16N2O2S. The van der Waals surface area contributed by atoms with Crippen LogP contribution in [-0.4, -0.2) is 17.2 Å². The van der Waals surface area contributed by atoms with Crippen LogP contribution in [-0.2, 0) is 0 Å². The van der Waals surface area contributed by atoms with E-state index >= 15 is 0 Å². The van der Waals surface area contributed by atoms with E-state index in [-0.39, 0.29) is 10.6 Å². The quantitative estimate of drug-likeness (QED) is 0.614. The van der Waals surface area contributed by atoms with Crippen LogP contribution in [0.3, 0.4) is 0 Å². The standard InChI is InChI=1S/C12H16N2O2S/c1-8-6-10-9(2)17-5-3-4-13-11(10)7-12(8)14(15)16/h6-7,9,13H,3-5H2,1-2H3. The molecule has 1 N–H and O–H groups in total. The first-order valence-electron chi connectivity index (χ1n) is 5.74. The van der Waals surface area contributed by atoms with Crippen LogP contribution in [0.15, 0.2) is 12.1 Å². The van der Waals surface area contributed by atoms with Gasteiger partial charge >= 0.3 is 0 Å². The minimum atomic E-state index is -0.312. The van der Waals surface area contributed by atoms with E-state index < -0.39 is 0 Å². The molecule has 0 saturated carbocycles. The maximum Gasteiger partial charge on any atom is 0.274 e. The molecule has 17 heavy (non-hydrogen) atoms. The van der Waals surface area contributed by atoms with Gasteiger partial charge in [-0.15, -0.1) is 0 Å². The predicted molar refractivity (Wildman–Crippen MR) is 71.8 cm³/mol. The van der Waals surface area contributed by atoms with Crippen molar-refractivity contribution in [1.29, 1.82) is 0 Å². The van der Waals surface area contributed by atoms with Crippen molar-refractivity contribution in [2.45, 2.75) is 25.5 Å². The number of hydrogen-bond donors (Lipinski definition) is 1. The van der Waals surface area contributed by atoms with Gasteiger partial charge in [0.05, 0.1) is 4.92 Å². The van der Waals surface area contributed by atoms with Crippen LogP contribution < -0.4 is 5.32 Å². The molecule has 0 aliphatic carbocycles. The van der Waals surface area contributed by atoms with Crippen molar-refractivity contribution in [3.63, 3.8) is 0 Å². The van der Waals surface area contributed by atoms with Crippen LogP contribution in [0.2, 0.25) is 0 Å². The second kappa shape index (κ2) is 4.96. The minimum Gasteiger partial charge on any atom is -0.385 e. The molecule has 92 valence electrons. The van der Waals surface area contributed by atoms with Crippen LogP contribution in [0.4, 0.5) is 11.4 Å². The number of nitro benzene ring substituents is 1. The molecule has 0 amide bonds. The summed E-state index contributed by atoms with van der Waals surface area (Å²) in [5.41, 5.74) is 3.04. The van der Waals surface area contributed by atoms with Crippen LogP contribution in [0.1, 0.15) is 29.7 Å². The molecule has 0 fully saturated rings. The van der Waals surface area contributed by atoms with E-state index in [1.165, 1.54) is 5.56 Å². The van der Waals surface area contributed by atoms with Crippen molar-refractivity contribution in [2.75, 3.05) is 17.6 Å². The number of nitrogens with one attached hydrogen (secondary N) is 1. The summed E-state index contributed by atoms with van der Waals surface area (Å²) in [5.74, 6) is 1.13. The molecule has 1 aliphatic rings. The fourth-order valence-electron chi connectivity index (χ4n) is 2.05. The third kappa shape index (κ3) is 2.54. The largest absolute Gasteiger partial charge is 0.385 e. The summed E-state index contributed by atoms with van der Waals surface area (Å²) in [5, 5.41) is 14.6. The lowest BCUT2D eigenvalue weighted by Gasteiger charge is -2.21. The normalized spacial score (nSPS) is 19.8. The summed E-state index contributed by atoms with van der Waals surface area (Å²) in [6.07, 6.45) is 1.09. The highest BCUT2D eigenvalue weighted by molar-refractivity contribution is 7.99. The molecule has 0 aromatic heterocycles. The van der Waals surface area contributed by atoms with Crippen molar-refractivity contribution >= 4 is 23.1 Å². The minimum absolute atomic E-state index is 0.203. The molecule has 4 nitrogen and oxygen atoms in total. The smallest absolute Gasteiger partial charge is 0.274 e. The van der Waals surface area contributed by atoms with Gasteiger partial charge < -0.3 is 5.32 Å². The maximum atomic E-state index is 10.9. The van der Waals surface area contributed by atoms with Crippen molar-refractivity contribution in [1.82, 2.24) is 0 Å². The second-order valence-corrected chi connectivity index (χ2v) is 5.73. The van der Waals surface area contributed by atoms with Gasteiger partial charge in [0.15, 0.2) is 0 Å². The topological polar surface area (TPSA) is 55.2 Å². The van der Waals surface area contributed by atoms with Gasteiger partial charge in [0.25, 0.3) is 5.69 Å². The number of nitrogens with zero attached hydrogens (tertiary/aromatic N) is 1. The van der Waals surface area contributed by atoms with Crippen molar-refractivity contribution in [3.8, 4) is 0 Å². The first kappa shape index (κ1) is 12.2. The molecule has 0 radical (unpaired) electrons. The van der Waals surface area contributed by atoms with Crippen LogP contribution in [0, 0.1) is 17.0 Å². The summed E-state index contributed by atoms with van der Waals surface area (Å²) < 4.78 is 0. The Morgan fingerprint density at radius 2 is 2.29 bits per heavy atom. The van der Waals surface area contributed by atoms with Crippen LogP contribution in [0.5, 0.6) is 0 Å². The first-order valence-corrected chi connectivity index (χ1v) is 6.79. The molecule has 0 bridgehead atoms. The molecule has 1 atom stereocenters. The van der Waals surface area contributed by atoms with E-state index in [4.69, 9.17) is 0 Å². The van der Waals surface area contributed by atoms with Crippen molar-refractivity contribution in [3.05, 3.63) is 33.4 Å². The number of anilines is 1. The molecule has 1 aliphatic heterocycles. The third-order valence-corrected chi connectivity index (χ3v) is 4.29. The predicted octanol–water partition coefficient (Wildman–Crippen LogP) is 3.51. The number of fused-ring (bicyclic) bond motifs is 1.